The Kier molecular flexibility index (Phi) is 31.7. The van der Waals surface area contributed by atoms with Crippen molar-refractivity contribution in [1.29, 1.82) is 0 Å². The maximum absolute atomic E-state index is 14.8. The number of oxazole rings is 1. The van der Waals surface area contributed by atoms with E-state index in [1.54, 1.807) is 47.1 Å². The lowest BCUT2D eigenvalue weighted by molar-refractivity contribution is -0.265. The van der Waals surface area contributed by atoms with Crippen LogP contribution in [0, 0.1) is 35.5 Å². The molecule has 9 rings (SSSR count). The van der Waals surface area contributed by atoms with Crippen LogP contribution >= 0.6 is 0 Å². The van der Waals surface area contributed by atoms with Gasteiger partial charge in [-0.2, -0.15) is 10.1 Å². The second-order valence-electron chi connectivity index (χ2n) is 32.6. The van der Waals surface area contributed by atoms with Crippen LogP contribution in [-0.2, 0) is 85.4 Å². The molecule has 1 saturated carbocycles. The molecule has 15 atom stereocenters. The molecular weight excluding hydrogens is 1440 g/mol. The zero-order chi connectivity index (χ0) is 81.2. The number of nitrogens with one attached hydrogen (secondary N) is 1. The summed E-state index contributed by atoms with van der Waals surface area (Å²) in [6.45, 7) is 23.1. The number of hydrogen-bond donors (Lipinski definition) is 5. The van der Waals surface area contributed by atoms with Crippen LogP contribution in [-0.4, -0.2) is 204 Å². The van der Waals surface area contributed by atoms with Crippen molar-refractivity contribution < 1.29 is 81.3 Å². The number of Topliss-reactive ketones (excluding diaryl/α,β-unsaturated/α-hetero) is 3. The third kappa shape index (κ3) is 23.2. The van der Waals surface area contributed by atoms with Crippen molar-refractivity contribution in [2.75, 3.05) is 65.7 Å². The molecule has 29 heteroatoms. The Morgan fingerprint density at radius 1 is 0.866 bits per heavy atom. The van der Waals surface area contributed by atoms with Crippen molar-refractivity contribution in [3.05, 3.63) is 84.0 Å². The van der Waals surface area contributed by atoms with E-state index in [0.29, 0.717) is 148 Å². The van der Waals surface area contributed by atoms with Crippen LogP contribution < -0.4 is 16.8 Å². The fraction of sp³-hybridized carbons (Fsp3) is 0.663. The molecule has 3 aliphatic heterocycles. The smallest absolute Gasteiger partial charge is 0.329 e. The number of fused-ring (bicyclic) bond motifs is 5. The number of aryl methyl sites for hydroxylation is 1. The van der Waals surface area contributed by atoms with Crippen molar-refractivity contribution in [2.24, 2.45) is 35.5 Å². The van der Waals surface area contributed by atoms with E-state index >= 15 is 0 Å². The molecule has 2 amide bonds. The van der Waals surface area contributed by atoms with E-state index in [1.165, 1.54) is 18.3 Å². The number of aromatic nitrogens is 8. The minimum absolute atomic E-state index is 0.00970. The first-order valence-electron chi connectivity index (χ1n) is 40.0. The van der Waals surface area contributed by atoms with Gasteiger partial charge in [0.05, 0.1) is 67.0 Å². The fourth-order valence-corrected chi connectivity index (χ4v) is 15.7. The number of aliphatic hydroxyl groups excluding tert-OH is 1. The Morgan fingerprint density at radius 3 is 2.41 bits per heavy atom. The van der Waals surface area contributed by atoms with Crippen LogP contribution in [0.15, 0.2) is 82.7 Å². The van der Waals surface area contributed by atoms with Crippen molar-refractivity contribution in [3.63, 3.8) is 0 Å². The van der Waals surface area contributed by atoms with Gasteiger partial charge >= 0.3 is 5.97 Å². The molecule has 1 aromatic carbocycles. The Morgan fingerprint density at radius 2 is 1.65 bits per heavy atom. The van der Waals surface area contributed by atoms with Gasteiger partial charge in [0.2, 0.25) is 11.7 Å². The number of carbonyl (C=O) groups excluding carboxylic acids is 6. The van der Waals surface area contributed by atoms with Gasteiger partial charge in [0, 0.05) is 90.2 Å². The zero-order valence-corrected chi connectivity index (χ0v) is 68.1. The summed E-state index contributed by atoms with van der Waals surface area (Å²) in [5.74, 6) is -8.07. The Labute approximate surface area is 658 Å². The first kappa shape index (κ1) is 88.0. The largest absolute Gasteiger partial charge is 0.460 e. The summed E-state index contributed by atoms with van der Waals surface area (Å²) >= 11 is 0. The van der Waals surface area contributed by atoms with E-state index < -0.39 is 94.8 Å². The van der Waals surface area contributed by atoms with Crippen LogP contribution in [0.3, 0.4) is 0 Å². The highest BCUT2D eigenvalue weighted by Crippen LogP contribution is 2.40. The number of nitrogen functional groups attached to an aromatic ring is 2. The van der Waals surface area contributed by atoms with Crippen molar-refractivity contribution in [2.45, 2.75) is 264 Å². The fourth-order valence-electron chi connectivity index (χ4n) is 15.7. The number of allylic oxidation sites excluding steroid dienone is 6. The number of cyclic esters (lactones) is 1. The molecule has 2 bridgehead atoms. The summed E-state index contributed by atoms with van der Waals surface area (Å²) in [5.41, 5.74) is 16.2. The van der Waals surface area contributed by atoms with Gasteiger partial charge in [-0.1, -0.05) is 76.3 Å². The second kappa shape index (κ2) is 40.3. The van der Waals surface area contributed by atoms with Crippen molar-refractivity contribution in [1.82, 2.24) is 49.9 Å². The van der Waals surface area contributed by atoms with Crippen LogP contribution in [0.4, 0.5) is 11.8 Å². The molecule has 7 heterocycles. The van der Waals surface area contributed by atoms with Crippen molar-refractivity contribution >= 4 is 69.1 Å². The molecular formula is C83H122N12O17. The lowest BCUT2D eigenvalue weighted by Gasteiger charge is -2.42. The van der Waals surface area contributed by atoms with E-state index in [0.717, 1.165) is 30.4 Å². The monoisotopic (exact) mass is 1560 g/mol. The van der Waals surface area contributed by atoms with Crippen LogP contribution in [0.5, 0.6) is 0 Å². The quantitative estimate of drug-likeness (QED) is 0.0149. The Hall–Kier alpha value is -8.00. The molecule has 112 heavy (non-hydrogen) atoms. The van der Waals surface area contributed by atoms with Gasteiger partial charge < -0.3 is 74.2 Å². The number of carbonyl (C=O) groups is 6. The number of methoxy groups -OCH3 is 3. The number of amides is 2. The average Bonchev–Trinajstić information content (AvgIpc) is 1.61. The third-order valence-electron chi connectivity index (χ3n) is 22.9. The van der Waals surface area contributed by atoms with E-state index in [9.17, 15) is 39.0 Å². The first-order chi connectivity index (χ1) is 53.3. The number of hydrogen-bond acceptors (Lipinski definition) is 25. The molecule has 5 aromatic rings. The maximum Gasteiger partial charge on any atom is 0.329 e. The first-order valence-corrected chi connectivity index (χ1v) is 40.0. The van der Waals surface area contributed by atoms with Gasteiger partial charge in [0.25, 0.3) is 17.7 Å². The van der Waals surface area contributed by atoms with Gasteiger partial charge in [-0.15, -0.1) is 5.10 Å². The lowest BCUT2D eigenvalue weighted by atomic mass is 9.78. The highest BCUT2D eigenvalue weighted by Gasteiger charge is 2.53. The molecule has 616 valence electrons. The molecule has 0 unspecified atom stereocenters. The minimum atomic E-state index is -2.47. The predicted octanol–water partition coefficient (Wildman–Crippen LogP) is 10.4. The molecule has 29 nitrogen and oxygen atoms in total. The maximum atomic E-state index is 14.8. The van der Waals surface area contributed by atoms with Crippen LogP contribution in [0.25, 0.3) is 33.4 Å². The highest BCUT2D eigenvalue weighted by molar-refractivity contribution is 6.39. The molecule has 0 radical (unpaired) electrons. The Balaban J connectivity index is 0.742. The number of unbranched alkanes of at least 4 members (excludes halogenated alkanes) is 1. The highest BCUT2D eigenvalue weighted by atomic mass is 16.6. The van der Waals surface area contributed by atoms with Gasteiger partial charge in [-0.05, 0) is 179 Å². The molecule has 4 aromatic heterocycles. The number of rotatable bonds is 26. The number of benzene rings is 1. The summed E-state index contributed by atoms with van der Waals surface area (Å²) < 4.78 is 58.2. The second-order valence-corrected chi connectivity index (χ2v) is 32.6. The van der Waals surface area contributed by atoms with Gasteiger partial charge in [-0.3, -0.25) is 24.0 Å². The number of anilines is 2. The van der Waals surface area contributed by atoms with Gasteiger partial charge in [0.1, 0.15) is 59.2 Å². The van der Waals surface area contributed by atoms with Crippen LogP contribution in [0.1, 0.15) is 191 Å². The number of nitrogens with two attached hydrogens (primary N) is 2. The molecule has 2 saturated heterocycles. The topological polar surface area (TPSA) is 384 Å². The number of nitrogens with zero attached hydrogens (tertiary/aromatic N) is 9. The van der Waals surface area contributed by atoms with E-state index in [1.807, 2.05) is 99.6 Å². The standard InChI is InChI=1S/C83H122N12O17/c1-50-22-16-15-17-23-51(2)66(104-12)45-60-28-25-56(7)83(103,112-60)75(100)78(101)93-35-20-18-24-62(93)79(102)110-67(46-63(96)52(3)41-55(6)73(99)74(106-14)72(98)54(5)40-50)53(4)42-57-26-29-65(68(43-57)105-13)108-39-38-107-48-59-47-95(92-90-59)81(8,9)33-37-109-82(10,11)32-31-69(97)86-34-19-21-36-94-77-70(76(84)87-49-88-77)71(91-94)58-27-30-64-61(44-58)89-80(85)111-64/h15-17,22-23,27,30,41,44,47,49-50,52-54,56-57,60,62,65-68,73-74,99,103H,18-21,24-26,28-29,31-40,42-43,45-46,48H2,1-14H3,(H2,85,89)(H,86,97)(H2,84,87,88)/b17-15+,22-16+,51-23+,55-41+/t50-,52-,53-,54-,56-,57+,60+,62+,65-,66+,67+,68-,73-,74+,83-/m1/s1. The van der Waals surface area contributed by atoms with Crippen molar-refractivity contribution in [3.8, 4) is 11.3 Å². The van der Waals surface area contributed by atoms with E-state index in [4.69, 9.17) is 58.9 Å². The predicted molar refractivity (Wildman–Crippen MR) is 421 cm³/mol. The van der Waals surface area contributed by atoms with Crippen LogP contribution in [0.2, 0.25) is 0 Å². The Bertz CT molecular complexity index is 4120. The third-order valence-corrected chi connectivity index (χ3v) is 22.9. The summed E-state index contributed by atoms with van der Waals surface area (Å²) in [4.78, 5) is 99.6. The summed E-state index contributed by atoms with van der Waals surface area (Å²) in [6.07, 6.45) is 17.5. The van der Waals surface area contributed by atoms with Gasteiger partial charge in [0.15, 0.2) is 17.0 Å². The number of ether oxygens (including phenoxy) is 8. The SMILES string of the molecule is CO[C@H]1C[C@@H]2CC[C@@H](C)[C@@](O)(O2)C(=O)C(=O)N2CCCC[C@H]2C(=O)O[C@H]([C@H](C)C[C@@H]2CC[C@@H](OCCOCc3cn(C(C)(C)CCOC(C)(C)CCC(=O)NCCCCn4nc(-c5ccc6oc(N)nc6c5)c5c(N)ncnc54)nn3)[C@H](OC)C2)CC(=O)[C@H](C)/C=C(\C)[C@@H](O)[C@@H](OC)C(=O)[C@H](C)C[C@H](C)/C=C/C=C/C=C/1C. The van der Waals surface area contributed by atoms with E-state index in [-0.39, 0.29) is 80.1 Å². The number of ketones is 3. The minimum Gasteiger partial charge on any atom is -0.460 e. The molecule has 3 fully saturated rings. The van der Waals surface area contributed by atoms with E-state index in [2.05, 4.69) is 44.4 Å². The molecule has 0 spiro atoms. The summed E-state index contributed by atoms with van der Waals surface area (Å²) in [5, 5.41) is 41.2. The zero-order valence-electron chi connectivity index (χ0n) is 68.1. The lowest BCUT2D eigenvalue weighted by Crippen LogP contribution is -2.61. The number of piperidine rings is 1. The number of esters is 1. The normalized spacial score (nSPS) is 28.8. The average molecular weight is 1560 g/mol. The molecule has 7 N–H and O–H groups in total. The summed E-state index contributed by atoms with van der Waals surface area (Å²) in [7, 11) is 4.61. The number of aliphatic hydroxyl groups is 2. The van der Waals surface area contributed by atoms with Gasteiger partial charge in [-0.25, -0.2) is 24.1 Å². The molecule has 4 aliphatic rings. The molecule has 1 aliphatic carbocycles. The summed E-state index contributed by atoms with van der Waals surface area (Å²) in [6, 6.07) is 4.39.